The minimum absolute atomic E-state index is 0.810. The summed E-state index contributed by atoms with van der Waals surface area (Å²) in [7, 11) is 0. The van der Waals surface area contributed by atoms with Crippen LogP contribution in [0.4, 0.5) is 5.69 Å². The van der Waals surface area contributed by atoms with Gasteiger partial charge in [0.05, 0.1) is 12.3 Å². The third kappa shape index (κ3) is 3.99. The lowest BCUT2D eigenvalue weighted by atomic mass is 10.2. The summed E-state index contributed by atoms with van der Waals surface area (Å²) in [6.45, 7) is 4.78. The smallest absolute Gasteiger partial charge is 0.142 e. The van der Waals surface area contributed by atoms with Crippen LogP contribution in [0.5, 0.6) is 5.75 Å². The first-order valence-electron chi connectivity index (χ1n) is 7.23. The maximum absolute atomic E-state index is 5.79. The minimum atomic E-state index is 0.810. The highest BCUT2D eigenvalue weighted by molar-refractivity contribution is 9.10. The summed E-state index contributed by atoms with van der Waals surface area (Å²) >= 11 is 5.28. The Hall–Kier alpha value is -1.04. The van der Waals surface area contributed by atoms with Crippen LogP contribution in [0.15, 0.2) is 40.2 Å². The van der Waals surface area contributed by atoms with E-state index in [2.05, 4.69) is 55.8 Å². The van der Waals surface area contributed by atoms with Gasteiger partial charge in [0.25, 0.3) is 0 Å². The topological polar surface area (TPSA) is 24.5 Å². The highest BCUT2D eigenvalue weighted by Gasteiger charge is 2.15. The highest BCUT2D eigenvalue weighted by atomic mass is 79.9. The van der Waals surface area contributed by atoms with Crippen LogP contribution < -0.4 is 15.0 Å². The van der Waals surface area contributed by atoms with Crippen LogP contribution in [-0.4, -0.2) is 26.2 Å². The van der Waals surface area contributed by atoms with Gasteiger partial charge in [0, 0.05) is 40.9 Å². The first kappa shape index (κ1) is 14.9. The van der Waals surface area contributed by atoms with Crippen LogP contribution in [0.25, 0.3) is 0 Å². The Bertz CT molecular complexity index is 587. The van der Waals surface area contributed by atoms with Crippen molar-refractivity contribution < 1.29 is 4.74 Å². The first-order valence-corrected chi connectivity index (χ1v) is 8.90. The van der Waals surface area contributed by atoms with Crippen LogP contribution in [0.1, 0.15) is 11.3 Å². The average Bonchev–Trinajstić information content (AvgIpc) is 2.80. The molecule has 1 aromatic carbocycles. The number of hydrogen-bond donors (Lipinski definition) is 1. The maximum atomic E-state index is 5.79. The first-order chi connectivity index (χ1) is 10.3. The van der Waals surface area contributed by atoms with Gasteiger partial charge >= 0.3 is 0 Å². The number of para-hydroxylation sites is 2. The van der Waals surface area contributed by atoms with Gasteiger partial charge in [-0.05, 0) is 40.5 Å². The molecule has 112 valence electrons. The fraction of sp³-hybridized carbons (Fsp3) is 0.375. The van der Waals surface area contributed by atoms with E-state index in [4.69, 9.17) is 4.74 Å². The lowest BCUT2D eigenvalue weighted by Crippen LogP contribution is -2.32. The molecule has 0 fully saturated rings. The molecule has 0 saturated heterocycles. The predicted molar refractivity (Wildman–Crippen MR) is 92.5 cm³/mol. The third-order valence-electron chi connectivity index (χ3n) is 3.52. The summed E-state index contributed by atoms with van der Waals surface area (Å²) in [5.41, 5.74) is 1.22. The molecule has 1 N–H and O–H groups in total. The Morgan fingerprint density at radius 1 is 1.33 bits per heavy atom. The van der Waals surface area contributed by atoms with Crippen molar-refractivity contribution in [1.82, 2.24) is 5.32 Å². The minimum Gasteiger partial charge on any atom is -0.491 e. The van der Waals surface area contributed by atoms with Crippen LogP contribution in [-0.2, 0) is 6.54 Å². The molecule has 0 aliphatic carbocycles. The number of thiophene rings is 1. The molecule has 0 unspecified atom stereocenters. The lowest BCUT2D eigenvalue weighted by molar-refractivity contribution is 0.322. The molecule has 0 bridgehead atoms. The summed E-state index contributed by atoms with van der Waals surface area (Å²) in [5, 5.41) is 5.65. The molecule has 1 aliphatic rings. The predicted octanol–water partition coefficient (Wildman–Crippen LogP) is 3.89. The molecule has 0 spiro atoms. The molecular weight excluding hydrogens is 348 g/mol. The number of nitrogens with one attached hydrogen (secondary N) is 1. The molecule has 5 heteroatoms. The van der Waals surface area contributed by atoms with Gasteiger partial charge < -0.3 is 15.0 Å². The van der Waals surface area contributed by atoms with E-state index in [9.17, 15) is 0 Å². The van der Waals surface area contributed by atoms with Crippen LogP contribution >= 0.6 is 27.3 Å². The molecule has 2 heterocycles. The second-order valence-corrected chi connectivity index (χ2v) is 6.98. The Labute approximate surface area is 138 Å². The van der Waals surface area contributed by atoms with Crippen LogP contribution in [0.2, 0.25) is 0 Å². The van der Waals surface area contributed by atoms with Gasteiger partial charge in [0.15, 0.2) is 0 Å². The number of halogens is 1. The van der Waals surface area contributed by atoms with E-state index in [0.717, 1.165) is 45.0 Å². The normalized spacial score (nSPS) is 14.4. The van der Waals surface area contributed by atoms with Gasteiger partial charge in [-0.1, -0.05) is 12.1 Å². The number of fused-ring (bicyclic) bond motifs is 1. The van der Waals surface area contributed by atoms with E-state index in [1.807, 2.05) is 6.07 Å². The van der Waals surface area contributed by atoms with Gasteiger partial charge in [-0.15, -0.1) is 11.3 Å². The van der Waals surface area contributed by atoms with Gasteiger partial charge in [0.1, 0.15) is 5.75 Å². The molecule has 0 radical (unpaired) electrons. The van der Waals surface area contributed by atoms with Gasteiger partial charge in [-0.3, -0.25) is 0 Å². The third-order valence-corrected chi connectivity index (χ3v) is 5.21. The number of ether oxygens (including phenoxy) is 1. The Balaban J connectivity index is 1.53. The van der Waals surface area contributed by atoms with Crippen LogP contribution in [0.3, 0.4) is 0 Å². The lowest BCUT2D eigenvalue weighted by Gasteiger charge is -2.23. The van der Waals surface area contributed by atoms with Crippen molar-refractivity contribution in [3.8, 4) is 5.75 Å². The van der Waals surface area contributed by atoms with E-state index >= 15 is 0 Å². The van der Waals surface area contributed by atoms with E-state index in [-0.39, 0.29) is 0 Å². The number of benzene rings is 1. The molecule has 21 heavy (non-hydrogen) atoms. The quantitative estimate of drug-likeness (QED) is 0.812. The second kappa shape index (κ2) is 7.29. The summed E-state index contributed by atoms with van der Waals surface area (Å²) in [6, 6.07) is 10.5. The van der Waals surface area contributed by atoms with Crippen molar-refractivity contribution >= 4 is 33.0 Å². The molecule has 0 atom stereocenters. The zero-order valence-electron chi connectivity index (χ0n) is 11.8. The molecule has 0 saturated carbocycles. The molecule has 2 aromatic rings. The van der Waals surface area contributed by atoms with E-state index in [1.54, 1.807) is 11.3 Å². The van der Waals surface area contributed by atoms with Crippen molar-refractivity contribution in [3.05, 3.63) is 45.1 Å². The molecular formula is C16H19BrN2OS. The van der Waals surface area contributed by atoms with Crippen LogP contribution in [0, 0.1) is 0 Å². The van der Waals surface area contributed by atoms with Gasteiger partial charge in [0.2, 0.25) is 0 Å². The maximum Gasteiger partial charge on any atom is 0.142 e. The highest BCUT2D eigenvalue weighted by Crippen LogP contribution is 2.30. The standard InChI is InChI=1S/C16H19BrN2OS/c17-13-10-14(21-12-13)11-18-6-8-19-7-3-9-20-16-5-2-1-4-15(16)19/h1-2,4-5,10,12,18H,3,6-9,11H2. The van der Waals surface area contributed by atoms with Gasteiger partial charge in [-0.25, -0.2) is 0 Å². The van der Waals surface area contributed by atoms with Gasteiger partial charge in [-0.2, -0.15) is 0 Å². The molecule has 0 amide bonds. The Morgan fingerprint density at radius 2 is 2.24 bits per heavy atom. The monoisotopic (exact) mass is 366 g/mol. The van der Waals surface area contributed by atoms with Crippen molar-refractivity contribution in [2.75, 3.05) is 31.1 Å². The number of rotatable bonds is 5. The fourth-order valence-corrected chi connectivity index (χ4v) is 3.92. The Morgan fingerprint density at radius 3 is 3.10 bits per heavy atom. The number of hydrogen-bond acceptors (Lipinski definition) is 4. The van der Waals surface area contributed by atoms with Crippen molar-refractivity contribution in [2.24, 2.45) is 0 Å². The van der Waals surface area contributed by atoms with Crippen molar-refractivity contribution in [3.63, 3.8) is 0 Å². The zero-order valence-corrected chi connectivity index (χ0v) is 14.3. The summed E-state index contributed by atoms with van der Waals surface area (Å²) in [4.78, 5) is 3.78. The SMILES string of the molecule is Brc1csc(CNCCN2CCCOc3ccccc32)c1. The number of nitrogens with zero attached hydrogens (tertiary/aromatic N) is 1. The molecule has 1 aromatic heterocycles. The fourth-order valence-electron chi connectivity index (χ4n) is 2.50. The molecule has 3 rings (SSSR count). The zero-order chi connectivity index (χ0) is 14.5. The van der Waals surface area contributed by atoms with Crippen molar-refractivity contribution in [2.45, 2.75) is 13.0 Å². The average molecular weight is 367 g/mol. The van der Waals surface area contributed by atoms with Crippen molar-refractivity contribution in [1.29, 1.82) is 0 Å². The van der Waals surface area contributed by atoms with E-state index < -0.39 is 0 Å². The number of anilines is 1. The summed E-state index contributed by atoms with van der Waals surface area (Å²) in [5.74, 6) is 1.01. The molecule has 1 aliphatic heterocycles. The summed E-state index contributed by atoms with van der Waals surface area (Å²) in [6.07, 6.45) is 1.08. The molecule has 3 nitrogen and oxygen atoms in total. The largest absolute Gasteiger partial charge is 0.491 e. The second-order valence-electron chi connectivity index (χ2n) is 5.06. The summed E-state index contributed by atoms with van der Waals surface area (Å²) < 4.78 is 6.96. The van der Waals surface area contributed by atoms with E-state index in [1.165, 1.54) is 15.0 Å². The van der Waals surface area contributed by atoms with E-state index in [0.29, 0.717) is 0 Å². The Kier molecular flexibility index (Phi) is 5.17.